The molecule has 0 aliphatic heterocycles. The van der Waals surface area contributed by atoms with Gasteiger partial charge in [-0.3, -0.25) is 15.1 Å². The Kier molecular flexibility index (Phi) is 3.20. The molecule has 0 bridgehead atoms. The maximum absolute atomic E-state index is 10.8. The van der Waals surface area contributed by atoms with Gasteiger partial charge in [-0.15, -0.1) is 0 Å². The standard InChI is InChI=1S/C11H7ClN2O3/c12-8-3-4-11(10(6-8)14(15)16)17-9-2-1-5-13-7-9/h1-7H. The largest absolute Gasteiger partial charge is 0.449 e. The molecule has 0 N–H and O–H groups in total. The fourth-order valence-electron chi connectivity index (χ4n) is 1.25. The van der Waals surface area contributed by atoms with Gasteiger partial charge in [0.2, 0.25) is 5.75 Å². The van der Waals surface area contributed by atoms with Gasteiger partial charge in [-0.25, -0.2) is 0 Å². The first-order chi connectivity index (χ1) is 8.16. The van der Waals surface area contributed by atoms with E-state index in [1.165, 1.54) is 24.4 Å². The maximum Gasteiger partial charge on any atom is 0.313 e. The second kappa shape index (κ2) is 4.80. The smallest absolute Gasteiger partial charge is 0.313 e. The number of benzene rings is 1. The van der Waals surface area contributed by atoms with E-state index in [1.807, 2.05) is 0 Å². The molecule has 0 atom stereocenters. The molecule has 0 saturated heterocycles. The molecule has 0 amide bonds. The molecule has 0 saturated carbocycles. The molecule has 86 valence electrons. The molecule has 0 radical (unpaired) electrons. The molecule has 2 aromatic rings. The van der Waals surface area contributed by atoms with Gasteiger partial charge in [-0.1, -0.05) is 11.6 Å². The number of pyridine rings is 1. The van der Waals surface area contributed by atoms with Crippen LogP contribution in [0.1, 0.15) is 0 Å². The first kappa shape index (κ1) is 11.3. The van der Waals surface area contributed by atoms with Crippen LogP contribution in [0.3, 0.4) is 0 Å². The van der Waals surface area contributed by atoms with Crippen LogP contribution in [0, 0.1) is 10.1 Å². The molecule has 1 aromatic carbocycles. The first-order valence-electron chi connectivity index (χ1n) is 4.68. The quantitative estimate of drug-likeness (QED) is 0.618. The summed E-state index contributed by atoms with van der Waals surface area (Å²) in [5, 5.41) is 11.1. The molecule has 17 heavy (non-hydrogen) atoms. The van der Waals surface area contributed by atoms with Gasteiger partial charge in [-0.2, -0.15) is 0 Å². The second-order valence-corrected chi connectivity index (χ2v) is 3.60. The van der Waals surface area contributed by atoms with Gasteiger partial charge < -0.3 is 4.74 Å². The number of nitro groups is 1. The highest BCUT2D eigenvalue weighted by molar-refractivity contribution is 6.30. The van der Waals surface area contributed by atoms with Crippen molar-refractivity contribution in [1.29, 1.82) is 0 Å². The lowest BCUT2D eigenvalue weighted by atomic mass is 10.3. The first-order valence-corrected chi connectivity index (χ1v) is 5.06. The molecule has 6 heteroatoms. The summed E-state index contributed by atoms with van der Waals surface area (Å²) < 4.78 is 5.36. The fourth-order valence-corrected chi connectivity index (χ4v) is 1.42. The Hall–Kier alpha value is -2.14. The number of rotatable bonds is 3. The van der Waals surface area contributed by atoms with Crippen molar-refractivity contribution in [3.63, 3.8) is 0 Å². The lowest BCUT2D eigenvalue weighted by Crippen LogP contribution is -1.93. The summed E-state index contributed by atoms with van der Waals surface area (Å²) >= 11 is 5.69. The zero-order chi connectivity index (χ0) is 12.3. The molecule has 0 fully saturated rings. The molecular weight excluding hydrogens is 244 g/mol. The van der Waals surface area contributed by atoms with Crippen LogP contribution in [0.25, 0.3) is 0 Å². The molecule has 1 heterocycles. The van der Waals surface area contributed by atoms with Crippen molar-refractivity contribution in [2.45, 2.75) is 0 Å². The highest BCUT2D eigenvalue weighted by Gasteiger charge is 2.16. The van der Waals surface area contributed by atoms with E-state index in [4.69, 9.17) is 16.3 Å². The maximum atomic E-state index is 10.8. The average Bonchev–Trinajstić information content (AvgIpc) is 2.32. The van der Waals surface area contributed by atoms with E-state index in [2.05, 4.69) is 4.98 Å². The minimum absolute atomic E-state index is 0.132. The predicted octanol–water partition coefficient (Wildman–Crippen LogP) is 3.44. The molecule has 2 rings (SSSR count). The number of hydrogen-bond donors (Lipinski definition) is 0. The van der Waals surface area contributed by atoms with E-state index in [1.54, 1.807) is 18.3 Å². The van der Waals surface area contributed by atoms with Crippen molar-refractivity contribution < 1.29 is 9.66 Å². The van der Waals surface area contributed by atoms with Crippen molar-refractivity contribution in [3.05, 3.63) is 57.9 Å². The van der Waals surface area contributed by atoms with Crippen LogP contribution in [-0.4, -0.2) is 9.91 Å². The van der Waals surface area contributed by atoms with E-state index < -0.39 is 4.92 Å². The van der Waals surface area contributed by atoms with E-state index in [0.29, 0.717) is 5.75 Å². The van der Waals surface area contributed by atoms with Crippen molar-refractivity contribution in [2.75, 3.05) is 0 Å². The summed E-state index contributed by atoms with van der Waals surface area (Å²) in [5.74, 6) is 0.560. The van der Waals surface area contributed by atoms with Crippen LogP contribution in [-0.2, 0) is 0 Å². The SMILES string of the molecule is O=[N+]([O-])c1cc(Cl)ccc1Oc1cccnc1. The zero-order valence-electron chi connectivity index (χ0n) is 8.54. The Morgan fingerprint density at radius 1 is 1.35 bits per heavy atom. The van der Waals surface area contributed by atoms with Crippen LogP contribution in [0.2, 0.25) is 5.02 Å². The summed E-state index contributed by atoms with van der Waals surface area (Å²) in [6.07, 6.45) is 3.06. The number of nitro benzene ring substituents is 1. The summed E-state index contributed by atoms with van der Waals surface area (Å²) in [5.41, 5.74) is -0.179. The zero-order valence-corrected chi connectivity index (χ0v) is 9.29. The van der Waals surface area contributed by atoms with Crippen LogP contribution in [0.15, 0.2) is 42.7 Å². The third-order valence-electron chi connectivity index (χ3n) is 1.98. The highest BCUT2D eigenvalue weighted by Crippen LogP contribution is 2.33. The number of halogens is 1. The van der Waals surface area contributed by atoms with Gasteiger partial charge in [-0.05, 0) is 24.3 Å². The third-order valence-corrected chi connectivity index (χ3v) is 2.21. The number of aromatic nitrogens is 1. The molecule has 0 aliphatic rings. The van der Waals surface area contributed by atoms with E-state index in [9.17, 15) is 10.1 Å². The Balaban J connectivity index is 2.36. The monoisotopic (exact) mass is 250 g/mol. The number of ether oxygens (including phenoxy) is 1. The minimum atomic E-state index is -0.544. The molecule has 0 aliphatic carbocycles. The van der Waals surface area contributed by atoms with Crippen LogP contribution < -0.4 is 4.74 Å². The summed E-state index contributed by atoms with van der Waals surface area (Å²) in [7, 11) is 0. The lowest BCUT2D eigenvalue weighted by Gasteiger charge is -2.05. The van der Waals surface area contributed by atoms with E-state index in [0.717, 1.165) is 0 Å². The van der Waals surface area contributed by atoms with E-state index in [-0.39, 0.29) is 16.5 Å². The topological polar surface area (TPSA) is 65.3 Å². The van der Waals surface area contributed by atoms with Crippen LogP contribution in [0.5, 0.6) is 11.5 Å². The van der Waals surface area contributed by atoms with Crippen molar-refractivity contribution in [2.24, 2.45) is 0 Å². The third kappa shape index (κ3) is 2.70. The molecule has 0 spiro atoms. The average molecular weight is 251 g/mol. The Morgan fingerprint density at radius 3 is 2.82 bits per heavy atom. The highest BCUT2D eigenvalue weighted by atomic mass is 35.5. The predicted molar refractivity (Wildman–Crippen MR) is 62.4 cm³/mol. The molecule has 1 aromatic heterocycles. The second-order valence-electron chi connectivity index (χ2n) is 3.16. The summed E-state index contributed by atoms with van der Waals surface area (Å²) in [6.45, 7) is 0. The fraction of sp³-hybridized carbons (Fsp3) is 0. The van der Waals surface area contributed by atoms with Crippen LogP contribution in [0.4, 0.5) is 5.69 Å². The van der Waals surface area contributed by atoms with Crippen LogP contribution >= 0.6 is 11.6 Å². The number of nitrogens with zero attached hydrogens (tertiary/aromatic N) is 2. The van der Waals surface area contributed by atoms with Crippen molar-refractivity contribution in [3.8, 4) is 11.5 Å². The molecular formula is C11H7ClN2O3. The van der Waals surface area contributed by atoms with Gasteiger partial charge in [0.1, 0.15) is 5.75 Å². The van der Waals surface area contributed by atoms with Crippen molar-refractivity contribution >= 4 is 17.3 Å². The van der Waals surface area contributed by atoms with E-state index >= 15 is 0 Å². The van der Waals surface area contributed by atoms with Gasteiger partial charge >= 0.3 is 5.69 Å². The van der Waals surface area contributed by atoms with Gasteiger partial charge in [0.15, 0.2) is 0 Å². The minimum Gasteiger partial charge on any atom is -0.449 e. The molecule has 5 nitrogen and oxygen atoms in total. The van der Waals surface area contributed by atoms with Gasteiger partial charge in [0, 0.05) is 17.3 Å². The lowest BCUT2D eigenvalue weighted by molar-refractivity contribution is -0.385. The molecule has 0 unspecified atom stereocenters. The Morgan fingerprint density at radius 2 is 2.18 bits per heavy atom. The van der Waals surface area contributed by atoms with Gasteiger partial charge in [0.25, 0.3) is 0 Å². The normalized spacial score (nSPS) is 9.94. The Labute approximate surface area is 102 Å². The van der Waals surface area contributed by atoms with Gasteiger partial charge in [0.05, 0.1) is 11.1 Å². The Bertz CT molecular complexity index is 546. The summed E-state index contributed by atoms with van der Waals surface area (Å²) in [4.78, 5) is 14.1. The number of hydrogen-bond acceptors (Lipinski definition) is 4. The van der Waals surface area contributed by atoms with Crippen molar-refractivity contribution in [1.82, 2.24) is 4.98 Å². The summed E-state index contributed by atoms with van der Waals surface area (Å²) in [6, 6.07) is 7.56.